The maximum absolute atomic E-state index is 10.9. The standard InChI is InChI=1S/C14H10ClN3O2/c15-12-6-5-10-11(16)7-18(13(10)17-12)9-3-1-8(2-4-9)14(19)20/h1-7H,16H2,(H,19,20). The van der Waals surface area contributed by atoms with Crippen LogP contribution in [0.15, 0.2) is 42.6 Å². The summed E-state index contributed by atoms with van der Waals surface area (Å²) in [5, 5.41) is 10.1. The molecule has 0 aliphatic rings. The summed E-state index contributed by atoms with van der Waals surface area (Å²) in [5.41, 5.74) is 8.17. The molecule has 3 aromatic rings. The van der Waals surface area contributed by atoms with Crippen molar-refractivity contribution in [2.45, 2.75) is 0 Å². The van der Waals surface area contributed by atoms with E-state index in [-0.39, 0.29) is 5.56 Å². The van der Waals surface area contributed by atoms with Crippen LogP contribution in [0.25, 0.3) is 16.7 Å². The first-order valence-corrected chi connectivity index (χ1v) is 6.21. The number of halogens is 1. The highest BCUT2D eigenvalue weighted by Gasteiger charge is 2.10. The molecule has 0 aliphatic heterocycles. The summed E-state index contributed by atoms with van der Waals surface area (Å²) < 4.78 is 1.78. The molecule has 20 heavy (non-hydrogen) atoms. The Morgan fingerprint density at radius 1 is 1.20 bits per heavy atom. The van der Waals surface area contributed by atoms with E-state index in [2.05, 4.69) is 4.98 Å². The van der Waals surface area contributed by atoms with Gasteiger partial charge >= 0.3 is 5.97 Å². The van der Waals surface area contributed by atoms with Crippen LogP contribution in [0.2, 0.25) is 5.15 Å². The smallest absolute Gasteiger partial charge is 0.335 e. The van der Waals surface area contributed by atoms with Gasteiger partial charge in [-0.25, -0.2) is 9.78 Å². The van der Waals surface area contributed by atoms with Gasteiger partial charge in [0.15, 0.2) is 0 Å². The zero-order chi connectivity index (χ0) is 14.3. The average Bonchev–Trinajstić information content (AvgIpc) is 2.75. The maximum Gasteiger partial charge on any atom is 0.335 e. The third-order valence-electron chi connectivity index (χ3n) is 3.04. The lowest BCUT2D eigenvalue weighted by Crippen LogP contribution is -1.98. The minimum atomic E-state index is -0.963. The molecule has 0 bridgehead atoms. The van der Waals surface area contributed by atoms with Crippen LogP contribution in [0.4, 0.5) is 5.69 Å². The molecule has 2 aromatic heterocycles. The fourth-order valence-corrected chi connectivity index (χ4v) is 2.21. The lowest BCUT2D eigenvalue weighted by Gasteiger charge is -2.05. The van der Waals surface area contributed by atoms with Crippen LogP contribution in [0.1, 0.15) is 10.4 Å². The fourth-order valence-electron chi connectivity index (χ4n) is 2.07. The molecule has 0 aliphatic carbocycles. The molecule has 1 aromatic carbocycles. The first-order valence-electron chi connectivity index (χ1n) is 5.83. The van der Waals surface area contributed by atoms with Crippen molar-refractivity contribution < 1.29 is 9.90 Å². The number of hydrogen-bond donors (Lipinski definition) is 2. The molecule has 0 radical (unpaired) electrons. The number of nitrogen functional groups attached to an aromatic ring is 1. The third kappa shape index (κ3) is 1.98. The van der Waals surface area contributed by atoms with E-state index >= 15 is 0 Å². The highest BCUT2D eigenvalue weighted by atomic mass is 35.5. The van der Waals surface area contributed by atoms with Crippen LogP contribution in [0.3, 0.4) is 0 Å². The number of aromatic carboxylic acids is 1. The molecule has 0 saturated carbocycles. The molecule has 0 amide bonds. The lowest BCUT2D eigenvalue weighted by molar-refractivity contribution is 0.0697. The number of nitrogens with two attached hydrogens (primary N) is 1. The predicted octanol–water partition coefficient (Wildman–Crippen LogP) is 2.96. The number of carboxylic acids is 1. The minimum absolute atomic E-state index is 0.226. The van der Waals surface area contributed by atoms with E-state index in [4.69, 9.17) is 22.4 Å². The number of rotatable bonds is 2. The highest BCUT2D eigenvalue weighted by molar-refractivity contribution is 6.29. The van der Waals surface area contributed by atoms with Gasteiger partial charge in [-0.05, 0) is 36.4 Å². The molecule has 100 valence electrons. The first kappa shape index (κ1) is 12.5. The second-order valence-electron chi connectivity index (χ2n) is 4.31. The first-order chi connectivity index (χ1) is 9.56. The molecule has 3 N–H and O–H groups in total. The molecule has 0 fully saturated rings. The van der Waals surface area contributed by atoms with E-state index in [0.717, 1.165) is 11.1 Å². The van der Waals surface area contributed by atoms with Crippen LogP contribution in [-0.4, -0.2) is 20.6 Å². The topological polar surface area (TPSA) is 81.1 Å². The zero-order valence-electron chi connectivity index (χ0n) is 10.2. The van der Waals surface area contributed by atoms with Gasteiger partial charge in [-0.15, -0.1) is 0 Å². The summed E-state index contributed by atoms with van der Waals surface area (Å²) in [6.45, 7) is 0. The van der Waals surface area contributed by atoms with E-state index in [9.17, 15) is 4.79 Å². The zero-order valence-corrected chi connectivity index (χ0v) is 11.0. The Morgan fingerprint density at radius 3 is 2.55 bits per heavy atom. The Morgan fingerprint density at radius 2 is 1.90 bits per heavy atom. The number of anilines is 1. The quantitative estimate of drug-likeness (QED) is 0.710. The predicted molar refractivity (Wildman–Crippen MR) is 77.5 cm³/mol. The van der Waals surface area contributed by atoms with E-state index in [0.29, 0.717) is 16.5 Å². The van der Waals surface area contributed by atoms with Crippen molar-refractivity contribution in [1.29, 1.82) is 0 Å². The molecule has 5 nitrogen and oxygen atoms in total. The van der Waals surface area contributed by atoms with Gasteiger partial charge in [-0.1, -0.05) is 11.6 Å². The summed E-state index contributed by atoms with van der Waals surface area (Å²) >= 11 is 5.91. The van der Waals surface area contributed by atoms with Gasteiger partial charge in [-0.3, -0.25) is 4.57 Å². The number of hydrogen-bond acceptors (Lipinski definition) is 3. The van der Waals surface area contributed by atoms with Crippen molar-refractivity contribution in [3.05, 3.63) is 53.3 Å². The van der Waals surface area contributed by atoms with Crippen molar-refractivity contribution in [2.75, 3.05) is 5.73 Å². The van der Waals surface area contributed by atoms with Crippen LogP contribution in [0, 0.1) is 0 Å². The summed E-state index contributed by atoms with van der Waals surface area (Å²) in [7, 11) is 0. The summed E-state index contributed by atoms with van der Waals surface area (Å²) in [5.74, 6) is -0.963. The number of fused-ring (bicyclic) bond motifs is 1. The third-order valence-corrected chi connectivity index (χ3v) is 3.25. The van der Waals surface area contributed by atoms with Crippen LogP contribution in [-0.2, 0) is 0 Å². The van der Waals surface area contributed by atoms with Gasteiger partial charge in [0, 0.05) is 17.3 Å². The normalized spacial score (nSPS) is 10.8. The summed E-state index contributed by atoms with van der Waals surface area (Å²) in [6, 6.07) is 9.95. The van der Waals surface area contributed by atoms with Crippen molar-refractivity contribution in [3.8, 4) is 5.69 Å². The van der Waals surface area contributed by atoms with Gasteiger partial charge in [0.2, 0.25) is 0 Å². The van der Waals surface area contributed by atoms with Crippen LogP contribution >= 0.6 is 11.6 Å². The molecule has 2 heterocycles. The maximum atomic E-state index is 10.9. The Bertz CT molecular complexity index is 809. The summed E-state index contributed by atoms with van der Waals surface area (Å²) in [6.07, 6.45) is 1.74. The largest absolute Gasteiger partial charge is 0.478 e. The lowest BCUT2D eigenvalue weighted by atomic mass is 10.2. The van der Waals surface area contributed by atoms with Gasteiger partial charge in [0.25, 0.3) is 0 Å². The second-order valence-corrected chi connectivity index (χ2v) is 4.70. The Balaban J connectivity index is 2.18. The van der Waals surface area contributed by atoms with Gasteiger partial charge in [0.05, 0.1) is 11.3 Å². The second kappa shape index (κ2) is 4.54. The van der Waals surface area contributed by atoms with Crippen molar-refractivity contribution >= 4 is 34.3 Å². The van der Waals surface area contributed by atoms with E-state index in [1.54, 1.807) is 29.0 Å². The minimum Gasteiger partial charge on any atom is -0.478 e. The number of pyridine rings is 1. The number of aromatic nitrogens is 2. The Hall–Kier alpha value is -2.53. The molecule has 0 saturated heterocycles. The Kier molecular flexibility index (Phi) is 2.84. The molecule has 0 unspecified atom stereocenters. The van der Waals surface area contributed by atoms with E-state index in [1.165, 1.54) is 12.1 Å². The van der Waals surface area contributed by atoms with Crippen LogP contribution in [0.5, 0.6) is 0 Å². The molecule has 3 rings (SSSR count). The number of benzene rings is 1. The molecular formula is C14H10ClN3O2. The van der Waals surface area contributed by atoms with Gasteiger partial charge in [-0.2, -0.15) is 0 Å². The monoisotopic (exact) mass is 287 g/mol. The number of nitrogens with zero attached hydrogens (tertiary/aromatic N) is 2. The highest BCUT2D eigenvalue weighted by Crippen LogP contribution is 2.26. The van der Waals surface area contributed by atoms with Gasteiger partial charge in [0.1, 0.15) is 10.8 Å². The van der Waals surface area contributed by atoms with E-state index in [1.807, 2.05) is 6.07 Å². The van der Waals surface area contributed by atoms with Gasteiger partial charge < -0.3 is 10.8 Å². The Labute approximate surface area is 119 Å². The number of carboxylic acid groups (broad SMARTS) is 1. The fraction of sp³-hybridized carbons (Fsp3) is 0. The van der Waals surface area contributed by atoms with Crippen molar-refractivity contribution in [2.24, 2.45) is 0 Å². The van der Waals surface area contributed by atoms with Crippen molar-refractivity contribution in [1.82, 2.24) is 9.55 Å². The average molecular weight is 288 g/mol. The molecule has 0 spiro atoms. The van der Waals surface area contributed by atoms with E-state index < -0.39 is 5.97 Å². The number of carbonyl (C=O) groups is 1. The van der Waals surface area contributed by atoms with Crippen LogP contribution < -0.4 is 5.73 Å². The SMILES string of the molecule is Nc1cn(-c2ccc(C(=O)O)cc2)c2nc(Cl)ccc12. The molecule has 0 atom stereocenters. The summed E-state index contributed by atoms with van der Waals surface area (Å²) in [4.78, 5) is 15.1. The molecular weight excluding hydrogens is 278 g/mol. The molecule has 6 heteroatoms. The van der Waals surface area contributed by atoms with Crippen molar-refractivity contribution in [3.63, 3.8) is 0 Å².